The third-order valence-corrected chi connectivity index (χ3v) is 3.73. The lowest BCUT2D eigenvalue weighted by atomic mass is 9.79. The molecule has 4 heteroatoms. The standard InChI is InChI=1S/C11H18N2O2/c1-7-6-13(11(15)12-10(7)14)8(2)9-4-3-5-9/h7-9H,3-6H2,1-2H3,(H,12,14,15). The van der Waals surface area contributed by atoms with Crippen molar-refractivity contribution < 1.29 is 9.59 Å². The minimum atomic E-state index is -0.211. The largest absolute Gasteiger partial charge is 0.324 e. The molecule has 0 radical (unpaired) electrons. The lowest BCUT2D eigenvalue weighted by Gasteiger charge is -2.41. The van der Waals surface area contributed by atoms with E-state index in [1.165, 1.54) is 19.3 Å². The van der Waals surface area contributed by atoms with Crippen LogP contribution in [0.2, 0.25) is 0 Å². The average Bonchev–Trinajstić information content (AvgIpc) is 2.08. The molecule has 2 aliphatic rings. The monoisotopic (exact) mass is 210 g/mol. The van der Waals surface area contributed by atoms with Gasteiger partial charge >= 0.3 is 6.03 Å². The maximum Gasteiger partial charge on any atom is 0.324 e. The van der Waals surface area contributed by atoms with Crippen LogP contribution in [-0.4, -0.2) is 29.4 Å². The molecule has 0 bridgehead atoms. The van der Waals surface area contributed by atoms with Crippen LogP contribution in [0.1, 0.15) is 33.1 Å². The van der Waals surface area contributed by atoms with Crippen LogP contribution < -0.4 is 5.32 Å². The Morgan fingerprint density at radius 1 is 1.40 bits per heavy atom. The summed E-state index contributed by atoms with van der Waals surface area (Å²) in [4.78, 5) is 24.7. The minimum absolute atomic E-state index is 0.0785. The highest BCUT2D eigenvalue weighted by molar-refractivity contribution is 5.97. The first-order valence-corrected chi connectivity index (χ1v) is 5.71. The Balaban J connectivity index is 2.01. The molecule has 1 saturated carbocycles. The van der Waals surface area contributed by atoms with Crippen molar-refractivity contribution in [2.75, 3.05) is 6.54 Å². The Morgan fingerprint density at radius 2 is 2.07 bits per heavy atom. The van der Waals surface area contributed by atoms with Gasteiger partial charge in [-0.25, -0.2) is 4.79 Å². The van der Waals surface area contributed by atoms with Crippen molar-refractivity contribution in [1.29, 1.82) is 0 Å². The molecule has 84 valence electrons. The number of amides is 3. The molecule has 2 atom stereocenters. The first-order valence-electron chi connectivity index (χ1n) is 5.71. The molecule has 2 fully saturated rings. The van der Waals surface area contributed by atoms with Crippen LogP contribution in [0.25, 0.3) is 0 Å². The zero-order valence-electron chi connectivity index (χ0n) is 9.32. The van der Waals surface area contributed by atoms with Gasteiger partial charge in [0, 0.05) is 12.6 Å². The summed E-state index contributed by atoms with van der Waals surface area (Å²) in [6.45, 7) is 4.52. The van der Waals surface area contributed by atoms with Gasteiger partial charge in [-0.05, 0) is 25.7 Å². The summed E-state index contributed by atoms with van der Waals surface area (Å²) in [5, 5.41) is 2.41. The van der Waals surface area contributed by atoms with Gasteiger partial charge in [-0.3, -0.25) is 10.1 Å². The molecule has 0 aromatic rings. The lowest BCUT2D eigenvalue weighted by Crippen LogP contribution is -2.58. The predicted molar refractivity (Wildman–Crippen MR) is 56.2 cm³/mol. The highest BCUT2D eigenvalue weighted by Crippen LogP contribution is 2.32. The number of urea groups is 1. The highest BCUT2D eigenvalue weighted by Gasteiger charge is 2.36. The SMILES string of the molecule is CC1CN(C(C)C2CCC2)C(=O)NC1=O. The van der Waals surface area contributed by atoms with Gasteiger partial charge in [0.1, 0.15) is 0 Å². The summed E-state index contributed by atoms with van der Waals surface area (Å²) in [5.41, 5.74) is 0. The normalized spacial score (nSPS) is 29.7. The van der Waals surface area contributed by atoms with Crippen molar-refractivity contribution >= 4 is 11.9 Å². The first-order chi connectivity index (χ1) is 7.09. The van der Waals surface area contributed by atoms with Gasteiger partial charge in [0.25, 0.3) is 0 Å². The molecule has 2 unspecified atom stereocenters. The molecule has 0 aromatic heterocycles. The summed E-state index contributed by atoms with van der Waals surface area (Å²) in [6, 6.07) is 0.0619. The maximum absolute atomic E-state index is 11.6. The number of imide groups is 1. The quantitative estimate of drug-likeness (QED) is 0.748. The van der Waals surface area contributed by atoms with Gasteiger partial charge in [-0.15, -0.1) is 0 Å². The van der Waals surface area contributed by atoms with Crippen molar-refractivity contribution in [2.45, 2.75) is 39.2 Å². The van der Waals surface area contributed by atoms with Gasteiger partial charge < -0.3 is 4.90 Å². The second-order valence-corrected chi connectivity index (χ2v) is 4.78. The second kappa shape index (κ2) is 3.83. The maximum atomic E-state index is 11.6. The van der Waals surface area contributed by atoms with Crippen LogP contribution in [-0.2, 0) is 4.79 Å². The Hall–Kier alpha value is -1.06. The number of nitrogens with one attached hydrogen (secondary N) is 1. The lowest BCUT2D eigenvalue weighted by molar-refractivity contribution is -0.125. The van der Waals surface area contributed by atoms with Crippen LogP contribution in [0.15, 0.2) is 0 Å². The zero-order valence-corrected chi connectivity index (χ0v) is 9.32. The molecule has 0 aromatic carbocycles. The summed E-state index contributed by atoms with van der Waals surface area (Å²) in [6.07, 6.45) is 3.71. The van der Waals surface area contributed by atoms with E-state index in [4.69, 9.17) is 0 Å². The van der Waals surface area contributed by atoms with Gasteiger partial charge in [-0.2, -0.15) is 0 Å². The molecule has 2 rings (SSSR count). The van der Waals surface area contributed by atoms with Crippen LogP contribution in [0.3, 0.4) is 0 Å². The van der Waals surface area contributed by atoms with Gasteiger partial charge in [0.15, 0.2) is 0 Å². The molecule has 1 aliphatic heterocycles. The minimum Gasteiger partial charge on any atom is -0.321 e. The fraction of sp³-hybridized carbons (Fsp3) is 0.818. The zero-order chi connectivity index (χ0) is 11.0. The van der Waals surface area contributed by atoms with Crippen molar-refractivity contribution in [3.8, 4) is 0 Å². The van der Waals surface area contributed by atoms with Crippen molar-refractivity contribution in [2.24, 2.45) is 11.8 Å². The van der Waals surface area contributed by atoms with Gasteiger partial charge in [0.2, 0.25) is 5.91 Å². The Kier molecular flexibility index (Phi) is 2.67. The number of hydrogen-bond acceptors (Lipinski definition) is 2. The van der Waals surface area contributed by atoms with Crippen molar-refractivity contribution in [3.05, 3.63) is 0 Å². The fourth-order valence-corrected chi connectivity index (χ4v) is 2.29. The highest BCUT2D eigenvalue weighted by atomic mass is 16.2. The Labute approximate surface area is 90.0 Å². The van der Waals surface area contributed by atoms with E-state index in [2.05, 4.69) is 12.2 Å². The molecule has 1 aliphatic carbocycles. The van der Waals surface area contributed by atoms with Gasteiger partial charge in [0.05, 0.1) is 5.92 Å². The van der Waals surface area contributed by atoms with Crippen LogP contribution in [0.4, 0.5) is 4.79 Å². The Bertz CT molecular complexity index is 286. The smallest absolute Gasteiger partial charge is 0.321 e. The molecular weight excluding hydrogens is 192 g/mol. The molecular formula is C11H18N2O2. The molecule has 3 amide bonds. The van der Waals surface area contributed by atoms with E-state index < -0.39 is 0 Å². The number of rotatable bonds is 2. The second-order valence-electron chi connectivity index (χ2n) is 4.78. The fourth-order valence-electron chi connectivity index (χ4n) is 2.29. The molecule has 1 N–H and O–H groups in total. The average molecular weight is 210 g/mol. The summed E-state index contributed by atoms with van der Waals surface area (Å²) >= 11 is 0. The molecule has 1 heterocycles. The van der Waals surface area contributed by atoms with Crippen molar-refractivity contribution in [3.63, 3.8) is 0 Å². The number of carbonyl (C=O) groups is 2. The van der Waals surface area contributed by atoms with E-state index in [0.717, 1.165) is 0 Å². The van der Waals surface area contributed by atoms with E-state index >= 15 is 0 Å². The summed E-state index contributed by atoms with van der Waals surface area (Å²) < 4.78 is 0. The number of carbonyl (C=O) groups excluding carboxylic acids is 2. The number of nitrogens with zero attached hydrogens (tertiary/aromatic N) is 1. The van der Waals surface area contributed by atoms with Gasteiger partial charge in [-0.1, -0.05) is 13.3 Å². The molecule has 1 saturated heterocycles. The summed E-state index contributed by atoms with van der Waals surface area (Å²) in [5.74, 6) is 0.415. The van der Waals surface area contributed by atoms with E-state index in [1.54, 1.807) is 0 Å². The first kappa shape index (κ1) is 10.5. The van der Waals surface area contributed by atoms with Crippen LogP contribution in [0, 0.1) is 11.8 Å². The molecule has 15 heavy (non-hydrogen) atoms. The van der Waals surface area contributed by atoms with Crippen LogP contribution in [0.5, 0.6) is 0 Å². The van der Waals surface area contributed by atoms with Crippen LogP contribution >= 0.6 is 0 Å². The third-order valence-electron chi connectivity index (χ3n) is 3.73. The topological polar surface area (TPSA) is 49.4 Å². The predicted octanol–water partition coefficient (Wildman–Crippen LogP) is 1.36. The molecule has 4 nitrogen and oxygen atoms in total. The Morgan fingerprint density at radius 3 is 2.60 bits per heavy atom. The molecule has 0 spiro atoms. The summed E-state index contributed by atoms with van der Waals surface area (Å²) in [7, 11) is 0. The third kappa shape index (κ3) is 1.85. The van der Waals surface area contributed by atoms with E-state index in [0.29, 0.717) is 12.5 Å². The van der Waals surface area contributed by atoms with E-state index in [1.807, 2.05) is 11.8 Å². The van der Waals surface area contributed by atoms with Crippen molar-refractivity contribution in [1.82, 2.24) is 10.2 Å². The number of hydrogen-bond donors (Lipinski definition) is 1. The van der Waals surface area contributed by atoms with E-state index in [-0.39, 0.29) is 23.9 Å². The van der Waals surface area contributed by atoms with E-state index in [9.17, 15) is 9.59 Å².